The predicted octanol–water partition coefficient (Wildman–Crippen LogP) is 3.15. The SMILES string of the molecule is Cc1ccc(-c2ccc(CNC(=O)Cn3cc(CN4CCCCC4)nn3)o2)cc1. The van der Waals surface area contributed by atoms with Gasteiger partial charge in [-0.2, -0.15) is 0 Å². The van der Waals surface area contributed by atoms with Crippen LogP contribution in [-0.4, -0.2) is 38.9 Å². The molecule has 1 aromatic carbocycles. The van der Waals surface area contributed by atoms with Crippen molar-refractivity contribution in [3.05, 3.63) is 59.6 Å². The molecule has 0 atom stereocenters. The summed E-state index contributed by atoms with van der Waals surface area (Å²) in [6, 6.07) is 12.0. The molecule has 1 aliphatic rings. The highest BCUT2D eigenvalue weighted by molar-refractivity contribution is 5.75. The summed E-state index contributed by atoms with van der Waals surface area (Å²) in [7, 11) is 0. The van der Waals surface area contributed by atoms with Crippen LogP contribution in [0.15, 0.2) is 47.0 Å². The lowest BCUT2D eigenvalue weighted by Gasteiger charge is -2.25. The Kier molecular flexibility index (Phi) is 6.05. The Morgan fingerprint density at radius 2 is 1.90 bits per heavy atom. The molecule has 0 radical (unpaired) electrons. The van der Waals surface area contributed by atoms with E-state index in [2.05, 4.69) is 39.6 Å². The van der Waals surface area contributed by atoms with Crippen molar-refractivity contribution in [3.8, 4) is 11.3 Å². The number of carbonyl (C=O) groups is 1. The quantitative estimate of drug-likeness (QED) is 0.667. The highest BCUT2D eigenvalue weighted by Gasteiger charge is 2.13. The second-order valence-corrected chi connectivity index (χ2v) is 7.65. The molecule has 0 bridgehead atoms. The summed E-state index contributed by atoms with van der Waals surface area (Å²) in [4.78, 5) is 14.6. The third-order valence-corrected chi connectivity index (χ3v) is 5.18. The van der Waals surface area contributed by atoms with Crippen LogP contribution in [0.25, 0.3) is 11.3 Å². The van der Waals surface area contributed by atoms with Crippen molar-refractivity contribution in [2.45, 2.75) is 45.8 Å². The largest absolute Gasteiger partial charge is 0.459 e. The van der Waals surface area contributed by atoms with Crippen LogP contribution in [-0.2, 0) is 24.4 Å². The molecule has 1 aliphatic heterocycles. The number of hydrogen-bond acceptors (Lipinski definition) is 5. The van der Waals surface area contributed by atoms with Crippen LogP contribution in [0, 0.1) is 6.92 Å². The molecule has 1 amide bonds. The van der Waals surface area contributed by atoms with E-state index in [1.165, 1.54) is 24.8 Å². The highest BCUT2D eigenvalue weighted by atomic mass is 16.3. The Balaban J connectivity index is 1.25. The summed E-state index contributed by atoms with van der Waals surface area (Å²) in [5, 5.41) is 11.2. The molecule has 0 aliphatic carbocycles. The Morgan fingerprint density at radius 1 is 1.10 bits per heavy atom. The molecule has 1 N–H and O–H groups in total. The minimum Gasteiger partial charge on any atom is -0.459 e. The third-order valence-electron chi connectivity index (χ3n) is 5.18. The third kappa shape index (κ3) is 5.32. The van der Waals surface area contributed by atoms with E-state index in [1.54, 1.807) is 4.68 Å². The number of aryl methyl sites for hydroxylation is 1. The van der Waals surface area contributed by atoms with Crippen molar-refractivity contribution >= 4 is 5.91 Å². The first-order valence-electron chi connectivity index (χ1n) is 10.2. The second kappa shape index (κ2) is 9.05. The van der Waals surface area contributed by atoms with Gasteiger partial charge in [0.1, 0.15) is 18.1 Å². The van der Waals surface area contributed by atoms with Gasteiger partial charge in [-0.05, 0) is 45.0 Å². The van der Waals surface area contributed by atoms with Crippen molar-refractivity contribution < 1.29 is 9.21 Å². The number of likely N-dealkylation sites (tertiary alicyclic amines) is 1. The molecule has 7 heteroatoms. The van der Waals surface area contributed by atoms with E-state index >= 15 is 0 Å². The summed E-state index contributed by atoms with van der Waals surface area (Å²) in [5.74, 6) is 1.40. The molecule has 2 aromatic heterocycles. The van der Waals surface area contributed by atoms with E-state index in [1.807, 2.05) is 30.5 Å². The number of carbonyl (C=O) groups excluding carboxylic acids is 1. The molecule has 1 fully saturated rings. The van der Waals surface area contributed by atoms with Gasteiger partial charge in [0.2, 0.25) is 5.91 Å². The molecule has 0 saturated carbocycles. The van der Waals surface area contributed by atoms with Gasteiger partial charge < -0.3 is 9.73 Å². The average Bonchev–Trinajstić information content (AvgIpc) is 3.37. The fourth-order valence-corrected chi connectivity index (χ4v) is 3.57. The molecule has 4 rings (SSSR count). The number of furan rings is 1. The van der Waals surface area contributed by atoms with Crippen molar-refractivity contribution in [2.75, 3.05) is 13.1 Å². The maximum atomic E-state index is 12.2. The standard InChI is InChI=1S/C22H27N5O2/c1-17-5-7-18(8-6-17)21-10-9-20(29-21)13-23-22(28)16-27-15-19(24-25-27)14-26-11-3-2-4-12-26/h5-10,15H,2-4,11-14,16H2,1H3,(H,23,28). The van der Waals surface area contributed by atoms with Gasteiger partial charge in [-0.15, -0.1) is 5.10 Å². The van der Waals surface area contributed by atoms with E-state index in [0.29, 0.717) is 6.54 Å². The molecule has 0 spiro atoms. The lowest BCUT2D eigenvalue weighted by molar-refractivity contribution is -0.122. The number of piperidine rings is 1. The number of rotatable bonds is 7. The summed E-state index contributed by atoms with van der Waals surface area (Å²) in [6.07, 6.45) is 5.66. The monoisotopic (exact) mass is 393 g/mol. The van der Waals surface area contributed by atoms with Crippen LogP contribution < -0.4 is 5.32 Å². The molecule has 0 unspecified atom stereocenters. The number of nitrogens with one attached hydrogen (secondary N) is 1. The molecular formula is C22H27N5O2. The number of nitrogens with zero attached hydrogens (tertiary/aromatic N) is 4. The molecule has 7 nitrogen and oxygen atoms in total. The summed E-state index contributed by atoms with van der Waals surface area (Å²) in [6.45, 7) is 5.58. The van der Waals surface area contributed by atoms with Gasteiger partial charge in [0.15, 0.2) is 0 Å². The molecule has 1 saturated heterocycles. The van der Waals surface area contributed by atoms with Crippen LogP contribution >= 0.6 is 0 Å². The Hall–Kier alpha value is -2.93. The molecule has 29 heavy (non-hydrogen) atoms. The molecule has 3 aromatic rings. The van der Waals surface area contributed by atoms with Crippen LogP contribution in [0.4, 0.5) is 0 Å². The summed E-state index contributed by atoms with van der Waals surface area (Å²) in [5.41, 5.74) is 3.14. The van der Waals surface area contributed by atoms with Gasteiger partial charge in [0, 0.05) is 12.1 Å². The van der Waals surface area contributed by atoms with Crippen molar-refractivity contribution in [3.63, 3.8) is 0 Å². The average molecular weight is 393 g/mol. The van der Waals surface area contributed by atoms with E-state index in [0.717, 1.165) is 42.4 Å². The summed E-state index contributed by atoms with van der Waals surface area (Å²) >= 11 is 0. The van der Waals surface area contributed by atoms with Crippen molar-refractivity contribution in [1.82, 2.24) is 25.2 Å². The first-order valence-corrected chi connectivity index (χ1v) is 10.2. The Bertz CT molecular complexity index is 938. The molecule has 152 valence electrons. The zero-order valence-corrected chi connectivity index (χ0v) is 16.8. The number of benzene rings is 1. The topological polar surface area (TPSA) is 76.2 Å². The maximum Gasteiger partial charge on any atom is 0.242 e. The van der Waals surface area contributed by atoms with Crippen molar-refractivity contribution in [2.24, 2.45) is 0 Å². The first-order chi connectivity index (χ1) is 14.2. The Morgan fingerprint density at radius 3 is 2.69 bits per heavy atom. The number of amides is 1. The lowest BCUT2D eigenvalue weighted by atomic mass is 10.1. The van der Waals surface area contributed by atoms with Gasteiger partial charge in [-0.25, -0.2) is 4.68 Å². The minimum atomic E-state index is -0.118. The van der Waals surface area contributed by atoms with E-state index in [4.69, 9.17) is 4.42 Å². The lowest BCUT2D eigenvalue weighted by Crippen LogP contribution is -2.29. The van der Waals surface area contributed by atoms with E-state index < -0.39 is 0 Å². The summed E-state index contributed by atoms with van der Waals surface area (Å²) < 4.78 is 7.44. The Labute approximate surface area is 170 Å². The maximum absolute atomic E-state index is 12.2. The van der Waals surface area contributed by atoms with Crippen LogP contribution in [0.1, 0.15) is 36.3 Å². The van der Waals surface area contributed by atoms with E-state index in [9.17, 15) is 4.79 Å². The van der Waals surface area contributed by atoms with Crippen molar-refractivity contribution in [1.29, 1.82) is 0 Å². The van der Waals surface area contributed by atoms with Crippen LogP contribution in [0.3, 0.4) is 0 Å². The second-order valence-electron chi connectivity index (χ2n) is 7.65. The van der Waals surface area contributed by atoms with Crippen LogP contribution in [0.5, 0.6) is 0 Å². The smallest absolute Gasteiger partial charge is 0.242 e. The first kappa shape index (κ1) is 19.4. The van der Waals surface area contributed by atoms with Gasteiger partial charge in [-0.1, -0.05) is 41.5 Å². The fourth-order valence-electron chi connectivity index (χ4n) is 3.57. The number of hydrogen-bond donors (Lipinski definition) is 1. The fraction of sp³-hybridized carbons (Fsp3) is 0.409. The van der Waals surface area contributed by atoms with E-state index in [-0.39, 0.29) is 12.5 Å². The molecule has 3 heterocycles. The normalized spacial score (nSPS) is 14.8. The van der Waals surface area contributed by atoms with Gasteiger partial charge in [-0.3, -0.25) is 9.69 Å². The van der Waals surface area contributed by atoms with Gasteiger partial charge in [0.05, 0.1) is 18.4 Å². The number of aromatic nitrogens is 3. The van der Waals surface area contributed by atoms with Gasteiger partial charge >= 0.3 is 0 Å². The van der Waals surface area contributed by atoms with Crippen LogP contribution in [0.2, 0.25) is 0 Å². The van der Waals surface area contributed by atoms with Gasteiger partial charge in [0.25, 0.3) is 0 Å². The predicted molar refractivity (Wildman–Crippen MR) is 110 cm³/mol. The zero-order chi connectivity index (χ0) is 20.1. The highest BCUT2D eigenvalue weighted by Crippen LogP contribution is 2.22. The molecular weight excluding hydrogens is 366 g/mol. The minimum absolute atomic E-state index is 0.118. The zero-order valence-electron chi connectivity index (χ0n) is 16.8.